The smallest absolute Gasteiger partial charge is 0.317 e. The number of rotatable bonds is 6. The third-order valence-electron chi connectivity index (χ3n) is 4.49. The van der Waals surface area contributed by atoms with Crippen LogP contribution in [0.15, 0.2) is 47.8 Å². The average Bonchev–Trinajstić information content (AvgIpc) is 3.18. The summed E-state index contributed by atoms with van der Waals surface area (Å²) in [7, 11) is 0. The molecule has 0 saturated carbocycles. The van der Waals surface area contributed by atoms with E-state index < -0.39 is 6.10 Å². The maximum absolute atomic E-state index is 12.3. The number of aliphatic hydroxyl groups excluding tert-OH is 1. The van der Waals surface area contributed by atoms with Crippen molar-refractivity contribution in [3.63, 3.8) is 0 Å². The number of piperazine rings is 1. The Labute approximate surface area is 152 Å². The van der Waals surface area contributed by atoms with Crippen LogP contribution in [0.2, 0.25) is 0 Å². The lowest BCUT2D eigenvalue weighted by molar-refractivity contribution is 0.0827. The van der Waals surface area contributed by atoms with Crippen LogP contribution in [0.4, 0.5) is 4.79 Å². The predicted octanol–water partition coefficient (Wildman–Crippen LogP) is 2.35. The molecule has 6 heteroatoms. The van der Waals surface area contributed by atoms with Crippen molar-refractivity contribution < 1.29 is 9.90 Å². The Bertz CT molecular complexity index is 640. The van der Waals surface area contributed by atoms with Gasteiger partial charge in [0.2, 0.25) is 0 Å². The van der Waals surface area contributed by atoms with Crippen LogP contribution in [-0.2, 0) is 6.42 Å². The number of carbonyl (C=O) groups is 1. The summed E-state index contributed by atoms with van der Waals surface area (Å²) in [4.78, 5) is 17.3. The first-order chi connectivity index (χ1) is 12.2. The number of nitrogens with zero attached hydrogens (tertiary/aromatic N) is 2. The van der Waals surface area contributed by atoms with Crippen LogP contribution < -0.4 is 5.32 Å². The molecule has 1 aromatic carbocycles. The predicted molar refractivity (Wildman–Crippen MR) is 101 cm³/mol. The Morgan fingerprint density at radius 3 is 2.56 bits per heavy atom. The topological polar surface area (TPSA) is 55.8 Å². The molecule has 25 heavy (non-hydrogen) atoms. The fraction of sp³-hybridized carbons (Fsp3) is 0.421. The maximum Gasteiger partial charge on any atom is 0.317 e. The average molecular weight is 359 g/mol. The van der Waals surface area contributed by atoms with Crippen LogP contribution in [0.5, 0.6) is 0 Å². The highest BCUT2D eigenvalue weighted by molar-refractivity contribution is 7.10. The minimum atomic E-state index is -0.439. The highest BCUT2D eigenvalue weighted by Gasteiger charge is 2.22. The summed E-state index contributed by atoms with van der Waals surface area (Å²) in [6.07, 6.45) is 0.408. The van der Waals surface area contributed by atoms with Crippen molar-refractivity contribution in [2.24, 2.45) is 0 Å². The molecule has 5 nitrogen and oxygen atoms in total. The number of benzene rings is 1. The minimum Gasteiger partial charge on any atom is -0.386 e. The number of aliphatic hydroxyl groups is 1. The molecule has 2 aromatic rings. The molecule has 0 radical (unpaired) electrons. The van der Waals surface area contributed by atoms with E-state index in [4.69, 9.17) is 0 Å². The highest BCUT2D eigenvalue weighted by atomic mass is 32.1. The molecular weight excluding hydrogens is 334 g/mol. The fourth-order valence-corrected chi connectivity index (χ4v) is 3.72. The molecule has 0 spiro atoms. The maximum atomic E-state index is 12.3. The van der Waals surface area contributed by atoms with Gasteiger partial charge in [-0.25, -0.2) is 4.79 Å². The molecule has 1 saturated heterocycles. The van der Waals surface area contributed by atoms with Crippen LogP contribution in [0.1, 0.15) is 16.5 Å². The zero-order valence-electron chi connectivity index (χ0n) is 14.3. The summed E-state index contributed by atoms with van der Waals surface area (Å²) in [5.41, 5.74) is 1.23. The van der Waals surface area contributed by atoms with Gasteiger partial charge in [-0.2, -0.15) is 0 Å². The summed E-state index contributed by atoms with van der Waals surface area (Å²) in [5, 5.41) is 15.2. The highest BCUT2D eigenvalue weighted by Crippen LogP contribution is 2.20. The standard InChI is InChI=1S/C19H25N3O2S/c23-17(18-7-4-14-25-18)15-21-10-12-22(13-11-21)19(24)20-9-8-16-5-2-1-3-6-16/h1-7,14,17,23H,8-13,15H2,(H,20,24)/t17-/m0/s1. The first-order valence-electron chi connectivity index (χ1n) is 8.73. The van der Waals surface area contributed by atoms with E-state index in [1.165, 1.54) is 5.56 Å². The largest absolute Gasteiger partial charge is 0.386 e. The van der Waals surface area contributed by atoms with Gasteiger partial charge in [0.05, 0.1) is 0 Å². The van der Waals surface area contributed by atoms with Gasteiger partial charge in [0, 0.05) is 44.1 Å². The minimum absolute atomic E-state index is 0.00869. The lowest BCUT2D eigenvalue weighted by Gasteiger charge is -2.35. The second-order valence-corrected chi connectivity index (χ2v) is 7.27. The molecule has 0 aliphatic carbocycles. The summed E-state index contributed by atoms with van der Waals surface area (Å²) < 4.78 is 0. The van der Waals surface area contributed by atoms with Gasteiger partial charge in [-0.15, -0.1) is 11.3 Å². The Kier molecular flexibility index (Phi) is 6.44. The number of amides is 2. The summed E-state index contributed by atoms with van der Waals surface area (Å²) in [6.45, 7) is 4.29. The molecule has 1 aliphatic heterocycles. The number of nitrogens with one attached hydrogen (secondary N) is 1. The van der Waals surface area contributed by atoms with Crippen LogP contribution >= 0.6 is 11.3 Å². The van der Waals surface area contributed by atoms with E-state index in [0.717, 1.165) is 24.4 Å². The summed E-state index contributed by atoms with van der Waals surface area (Å²) in [5.74, 6) is 0. The zero-order valence-corrected chi connectivity index (χ0v) is 15.1. The van der Waals surface area contributed by atoms with Crippen molar-refractivity contribution >= 4 is 17.4 Å². The number of hydrogen-bond acceptors (Lipinski definition) is 4. The zero-order chi connectivity index (χ0) is 17.5. The van der Waals surface area contributed by atoms with Crippen molar-refractivity contribution in [3.05, 3.63) is 58.3 Å². The Hall–Kier alpha value is -1.89. The number of hydrogen-bond donors (Lipinski definition) is 2. The van der Waals surface area contributed by atoms with Crippen LogP contribution in [0, 0.1) is 0 Å². The summed E-state index contributed by atoms with van der Waals surface area (Å²) in [6, 6.07) is 14.1. The molecule has 134 valence electrons. The molecular formula is C19H25N3O2S. The van der Waals surface area contributed by atoms with E-state index in [-0.39, 0.29) is 6.03 Å². The van der Waals surface area contributed by atoms with Crippen molar-refractivity contribution in [3.8, 4) is 0 Å². The van der Waals surface area contributed by atoms with Gasteiger partial charge < -0.3 is 15.3 Å². The van der Waals surface area contributed by atoms with Gasteiger partial charge >= 0.3 is 6.03 Å². The second kappa shape index (κ2) is 8.99. The van der Waals surface area contributed by atoms with E-state index in [9.17, 15) is 9.90 Å². The van der Waals surface area contributed by atoms with E-state index in [1.54, 1.807) is 11.3 Å². The molecule has 0 bridgehead atoms. The lowest BCUT2D eigenvalue weighted by Crippen LogP contribution is -2.52. The van der Waals surface area contributed by atoms with E-state index in [0.29, 0.717) is 26.2 Å². The number of thiophene rings is 1. The van der Waals surface area contributed by atoms with Gasteiger partial charge in [0.1, 0.15) is 6.10 Å². The SMILES string of the molecule is O=C(NCCc1ccccc1)N1CCN(C[C@H](O)c2cccs2)CC1. The lowest BCUT2D eigenvalue weighted by atomic mass is 10.1. The Morgan fingerprint density at radius 2 is 1.88 bits per heavy atom. The quantitative estimate of drug-likeness (QED) is 0.832. The molecule has 1 aromatic heterocycles. The number of carbonyl (C=O) groups excluding carboxylic acids is 1. The van der Waals surface area contributed by atoms with Gasteiger partial charge in [-0.05, 0) is 23.4 Å². The molecule has 1 fully saturated rings. The Balaban J connectivity index is 1.36. The van der Waals surface area contributed by atoms with E-state index in [2.05, 4.69) is 22.3 Å². The molecule has 3 rings (SSSR count). The first-order valence-corrected chi connectivity index (χ1v) is 9.61. The summed E-state index contributed by atoms with van der Waals surface area (Å²) >= 11 is 1.58. The third kappa shape index (κ3) is 5.29. The molecule has 2 heterocycles. The fourth-order valence-electron chi connectivity index (χ4n) is 3.02. The van der Waals surface area contributed by atoms with Gasteiger partial charge in [0.15, 0.2) is 0 Å². The van der Waals surface area contributed by atoms with Crippen molar-refractivity contribution in [2.45, 2.75) is 12.5 Å². The van der Waals surface area contributed by atoms with Crippen LogP contribution in [0.3, 0.4) is 0 Å². The van der Waals surface area contributed by atoms with Crippen molar-refractivity contribution in [2.75, 3.05) is 39.3 Å². The number of urea groups is 1. The van der Waals surface area contributed by atoms with Gasteiger partial charge in [-0.1, -0.05) is 36.4 Å². The van der Waals surface area contributed by atoms with E-state index in [1.807, 2.05) is 40.6 Å². The van der Waals surface area contributed by atoms with Crippen molar-refractivity contribution in [1.29, 1.82) is 0 Å². The van der Waals surface area contributed by atoms with Gasteiger partial charge in [0.25, 0.3) is 0 Å². The third-order valence-corrected chi connectivity index (χ3v) is 5.47. The van der Waals surface area contributed by atoms with Crippen molar-refractivity contribution in [1.82, 2.24) is 15.1 Å². The van der Waals surface area contributed by atoms with Gasteiger partial charge in [-0.3, -0.25) is 4.90 Å². The van der Waals surface area contributed by atoms with E-state index >= 15 is 0 Å². The number of β-amino-alcohol motifs (C(OH)–C–C–N with tert-alkyl or cyclic N) is 1. The second-order valence-electron chi connectivity index (χ2n) is 6.29. The molecule has 2 N–H and O–H groups in total. The molecule has 2 amide bonds. The molecule has 0 unspecified atom stereocenters. The molecule has 1 atom stereocenters. The normalized spacial score (nSPS) is 16.6. The molecule has 1 aliphatic rings. The Morgan fingerprint density at radius 1 is 1.12 bits per heavy atom. The van der Waals surface area contributed by atoms with Crippen LogP contribution in [-0.4, -0.2) is 60.2 Å². The monoisotopic (exact) mass is 359 g/mol. The van der Waals surface area contributed by atoms with Crippen LogP contribution in [0.25, 0.3) is 0 Å². The first kappa shape index (κ1) is 17.9.